The van der Waals surface area contributed by atoms with Crippen LogP contribution in [-0.4, -0.2) is 65.4 Å². The third-order valence-electron chi connectivity index (χ3n) is 10.2. The Morgan fingerprint density at radius 2 is 1.90 bits per heavy atom. The first-order valence-corrected chi connectivity index (χ1v) is 16.1. The summed E-state index contributed by atoms with van der Waals surface area (Å²) in [5, 5.41) is 24.4. The molecule has 1 saturated heterocycles. The van der Waals surface area contributed by atoms with E-state index < -0.39 is 17.1 Å². The van der Waals surface area contributed by atoms with Crippen LogP contribution in [0.25, 0.3) is 10.1 Å². The fourth-order valence-electron chi connectivity index (χ4n) is 7.55. The number of benzene rings is 2. The summed E-state index contributed by atoms with van der Waals surface area (Å²) in [7, 11) is 0. The van der Waals surface area contributed by atoms with Gasteiger partial charge in [0.25, 0.3) is 0 Å². The smallest absolute Gasteiger partial charge is 0.203 e. The Morgan fingerprint density at radius 3 is 2.71 bits per heavy atom. The van der Waals surface area contributed by atoms with E-state index in [2.05, 4.69) is 49.1 Å². The average Bonchev–Trinajstić information content (AvgIpc) is 3.51. The molecule has 2 aromatic carbocycles. The van der Waals surface area contributed by atoms with E-state index in [1.807, 2.05) is 24.3 Å². The zero-order valence-corrected chi connectivity index (χ0v) is 25.2. The fourth-order valence-corrected chi connectivity index (χ4v) is 8.57. The second-order valence-corrected chi connectivity index (χ2v) is 13.9. The number of rotatable bonds is 4. The van der Waals surface area contributed by atoms with E-state index >= 15 is 0 Å². The van der Waals surface area contributed by atoms with E-state index in [0.29, 0.717) is 39.0 Å². The van der Waals surface area contributed by atoms with Gasteiger partial charge in [0, 0.05) is 35.3 Å². The molecule has 0 spiro atoms. The van der Waals surface area contributed by atoms with E-state index in [0.717, 1.165) is 70.4 Å². The standard InChI is InChI=1S/C35H43NO4S/c1-24-6-5-14-34(2)30(13-15-35(34,39)23-36-16-18-40-19-17-36)28-12-10-25(20-27(37)11-9-24)21-29(28)33(38)32-22-26-7-3-4-8-31(26)41-32/h3-4,6-8,10,12,21-22,27,30,37,39H,5,9,11,13-20,23H2,1-2H3/t27-,30-,34-,35+/m0/s1. The highest BCUT2D eigenvalue weighted by Gasteiger charge is 2.57. The summed E-state index contributed by atoms with van der Waals surface area (Å²) in [6.45, 7) is 8.16. The summed E-state index contributed by atoms with van der Waals surface area (Å²) in [6, 6.07) is 16.5. The van der Waals surface area contributed by atoms with Crippen molar-refractivity contribution in [2.45, 2.75) is 76.4 Å². The molecule has 2 N–H and O–H groups in total. The first-order chi connectivity index (χ1) is 19.8. The van der Waals surface area contributed by atoms with E-state index in [9.17, 15) is 15.0 Å². The van der Waals surface area contributed by atoms with Crippen molar-refractivity contribution >= 4 is 27.2 Å². The minimum atomic E-state index is -0.861. The molecule has 2 heterocycles. The van der Waals surface area contributed by atoms with Gasteiger partial charge in [0.1, 0.15) is 0 Å². The van der Waals surface area contributed by atoms with Crippen LogP contribution in [-0.2, 0) is 11.2 Å². The summed E-state index contributed by atoms with van der Waals surface area (Å²) >= 11 is 1.55. The topological polar surface area (TPSA) is 70.0 Å². The molecule has 218 valence electrons. The van der Waals surface area contributed by atoms with Crippen LogP contribution in [0.15, 0.2) is 60.2 Å². The molecule has 0 amide bonds. The molecule has 41 heavy (non-hydrogen) atoms. The first kappa shape index (κ1) is 28.8. The maximum absolute atomic E-state index is 14.3. The van der Waals surface area contributed by atoms with Crippen LogP contribution in [0.2, 0.25) is 0 Å². The second kappa shape index (κ2) is 11.7. The highest BCUT2D eigenvalue weighted by atomic mass is 32.1. The molecule has 5 nitrogen and oxygen atoms in total. The molecule has 0 radical (unpaired) electrons. The molecule has 3 aliphatic carbocycles. The van der Waals surface area contributed by atoms with Crippen molar-refractivity contribution < 1.29 is 19.7 Å². The van der Waals surface area contributed by atoms with Gasteiger partial charge in [0.2, 0.25) is 5.78 Å². The number of aliphatic hydroxyl groups is 2. The van der Waals surface area contributed by atoms with Gasteiger partial charge in [-0.05, 0) is 92.5 Å². The van der Waals surface area contributed by atoms with Crippen molar-refractivity contribution in [2.75, 3.05) is 32.8 Å². The third-order valence-corrected chi connectivity index (χ3v) is 11.3. The number of hydrogen-bond acceptors (Lipinski definition) is 6. The van der Waals surface area contributed by atoms with Crippen LogP contribution in [0.1, 0.15) is 84.7 Å². The lowest BCUT2D eigenvalue weighted by atomic mass is 9.64. The monoisotopic (exact) mass is 573 g/mol. The van der Waals surface area contributed by atoms with Crippen LogP contribution in [0, 0.1) is 5.41 Å². The van der Waals surface area contributed by atoms with Gasteiger partial charge in [-0.2, -0.15) is 0 Å². The maximum Gasteiger partial charge on any atom is 0.203 e. The molecule has 2 fully saturated rings. The Labute approximate surface area is 247 Å². The van der Waals surface area contributed by atoms with Crippen LogP contribution >= 0.6 is 11.3 Å². The van der Waals surface area contributed by atoms with Gasteiger partial charge in [-0.15, -0.1) is 11.3 Å². The Bertz CT molecular complexity index is 1410. The van der Waals surface area contributed by atoms with Crippen molar-refractivity contribution in [1.29, 1.82) is 0 Å². The lowest BCUT2D eigenvalue weighted by molar-refractivity contribution is -0.0959. The first-order valence-electron chi connectivity index (χ1n) is 15.3. The molecule has 1 saturated carbocycles. The summed E-state index contributed by atoms with van der Waals surface area (Å²) < 4.78 is 6.71. The number of nitrogens with zero attached hydrogens (tertiary/aromatic N) is 1. The molecule has 4 atom stereocenters. The van der Waals surface area contributed by atoms with Gasteiger partial charge in [0.15, 0.2) is 0 Å². The number of carbonyl (C=O) groups excluding carboxylic acids is 1. The van der Waals surface area contributed by atoms with Crippen molar-refractivity contribution in [2.24, 2.45) is 5.41 Å². The molecule has 7 rings (SSSR count). The zero-order valence-electron chi connectivity index (χ0n) is 24.4. The van der Waals surface area contributed by atoms with Crippen LogP contribution in [0.3, 0.4) is 0 Å². The van der Waals surface area contributed by atoms with Gasteiger partial charge in [-0.3, -0.25) is 9.69 Å². The Kier molecular flexibility index (Phi) is 8.23. The van der Waals surface area contributed by atoms with Gasteiger partial charge < -0.3 is 14.9 Å². The Hall–Kier alpha value is -2.35. The number of β-amino-alcohol motifs (C(OH)–C–C–N with tert-alkyl or cyclic N) is 1. The highest BCUT2D eigenvalue weighted by Crippen LogP contribution is 2.59. The number of allylic oxidation sites excluding steroid dienone is 2. The van der Waals surface area contributed by atoms with Gasteiger partial charge in [-0.25, -0.2) is 0 Å². The second-order valence-electron chi connectivity index (χ2n) is 12.8. The van der Waals surface area contributed by atoms with E-state index in [1.54, 1.807) is 11.3 Å². The molecule has 3 aromatic rings. The molecule has 0 unspecified atom stereocenters. The lowest BCUT2D eigenvalue weighted by Crippen LogP contribution is -2.54. The highest BCUT2D eigenvalue weighted by molar-refractivity contribution is 7.21. The molecule has 6 heteroatoms. The van der Waals surface area contributed by atoms with Crippen molar-refractivity contribution in [3.8, 4) is 0 Å². The van der Waals surface area contributed by atoms with Crippen molar-refractivity contribution in [3.63, 3.8) is 0 Å². The number of thiophene rings is 1. The lowest BCUT2D eigenvalue weighted by Gasteiger charge is -2.46. The quantitative estimate of drug-likeness (QED) is 0.275. The van der Waals surface area contributed by atoms with Gasteiger partial charge in [0.05, 0.1) is 29.8 Å². The molecule has 1 aromatic heterocycles. The predicted molar refractivity (Wildman–Crippen MR) is 166 cm³/mol. The number of aliphatic hydroxyl groups excluding tert-OH is 1. The summed E-state index contributed by atoms with van der Waals surface area (Å²) in [6.07, 6.45) is 7.21. The van der Waals surface area contributed by atoms with Gasteiger partial charge in [-0.1, -0.05) is 48.9 Å². The van der Waals surface area contributed by atoms with Crippen molar-refractivity contribution in [1.82, 2.24) is 4.90 Å². The van der Waals surface area contributed by atoms with E-state index in [4.69, 9.17) is 4.74 Å². The molecular weight excluding hydrogens is 530 g/mol. The normalized spacial score (nSPS) is 29.7. The SMILES string of the molecule is CC1=CCC[C@@]2(C)[C@@H](CC[C@@]2(O)CN2CCOCC2)c2ccc(cc2C(=O)c2cc3ccccc3s2)C[C@@H](O)CC1. The Balaban J connectivity index is 1.44. The minimum Gasteiger partial charge on any atom is -0.393 e. The number of fused-ring (bicyclic) bond motifs is 9. The Morgan fingerprint density at radius 1 is 1.10 bits per heavy atom. The maximum atomic E-state index is 14.3. The molecular formula is C35H43NO4S. The van der Waals surface area contributed by atoms with Crippen LogP contribution in [0.4, 0.5) is 0 Å². The fraction of sp³-hybridized carbons (Fsp3) is 0.514. The van der Waals surface area contributed by atoms with Crippen LogP contribution in [0.5, 0.6) is 0 Å². The third kappa shape index (κ3) is 5.70. The van der Waals surface area contributed by atoms with E-state index in [1.165, 1.54) is 5.57 Å². The number of ketones is 1. The number of hydrogen-bond donors (Lipinski definition) is 2. The predicted octanol–water partition coefficient (Wildman–Crippen LogP) is 6.50. The van der Waals surface area contributed by atoms with Gasteiger partial charge >= 0.3 is 0 Å². The number of morpholine rings is 1. The number of carbonyl (C=O) groups is 1. The average molecular weight is 574 g/mol. The summed E-state index contributed by atoms with van der Waals surface area (Å²) in [5.74, 6) is 0.101. The van der Waals surface area contributed by atoms with Crippen molar-refractivity contribution in [3.05, 3.63) is 81.7 Å². The largest absolute Gasteiger partial charge is 0.393 e. The minimum absolute atomic E-state index is 0.0475. The molecule has 4 aliphatic rings. The summed E-state index contributed by atoms with van der Waals surface area (Å²) in [5.41, 5.74) is 2.81. The summed E-state index contributed by atoms with van der Waals surface area (Å²) in [4.78, 5) is 17.4. The van der Waals surface area contributed by atoms with Crippen LogP contribution < -0.4 is 0 Å². The van der Waals surface area contributed by atoms with E-state index in [-0.39, 0.29) is 11.7 Å². The molecule has 1 aliphatic heterocycles. The molecule has 2 bridgehead atoms. The zero-order chi connectivity index (χ0) is 28.6. The number of ether oxygens (including phenoxy) is 1.